The minimum Gasteiger partial charge on any atom is -0.496 e. The standard InChI is InChI=1S/C18H16ClFN2O3/c1-3-25-18(23)17-14-9-13(20)5-6-15(14)22(21-17)10-11-8-12(19)4-7-16(11)24-2/h4-9H,3,10H2,1-2H3. The monoisotopic (exact) mass is 362 g/mol. The molecule has 0 amide bonds. The third-order valence-electron chi connectivity index (χ3n) is 3.74. The summed E-state index contributed by atoms with van der Waals surface area (Å²) in [4.78, 5) is 12.1. The summed E-state index contributed by atoms with van der Waals surface area (Å²) in [5.41, 5.74) is 1.49. The average molecular weight is 363 g/mol. The fourth-order valence-electron chi connectivity index (χ4n) is 2.65. The topological polar surface area (TPSA) is 53.3 Å². The second-order valence-corrected chi connectivity index (χ2v) is 5.78. The van der Waals surface area contributed by atoms with Gasteiger partial charge in [0.15, 0.2) is 5.69 Å². The second kappa shape index (κ2) is 7.11. The smallest absolute Gasteiger partial charge is 0.359 e. The van der Waals surface area contributed by atoms with Crippen molar-refractivity contribution in [2.75, 3.05) is 13.7 Å². The number of benzene rings is 2. The molecule has 1 heterocycles. The molecule has 1 aromatic heterocycles. The molecule has 130 valence electrons. The summed E-state index contributed by atoms with van der Waals surface area (Å²) < 4.78 is 25.6. The van der Waals surface area contributed by atoms with Gasteiger partial charge in [0.05, 0.1) is 25.8 Å². The number of carbonyl (C=O) groups is 1. The van der Waals surface area contributed by atoms with Crippen LogP contribution in [-0.2, 0) is 11.3 Å². The molecule has 0 unspecified atom stereocenters. The molecule has 25 heavy (non-hydrogen) atoms. The number of nitrogens with zero attached hydrogens (tertiary/aromatic N) is 2. The molecule has 0 aliphatic carbocycles. The van der Waals surface area contributed by atoms with Crippen LogP contribution in [-0.4, -0.2) is 29.5 Å². The predicted octanol–water partition coefficient (Wildman–Crippen LogP) is 4.06. The van der Waals surface area contributed by atoms with Gasteiger partial charge in [0.25, 0.3) is 0 Å². The number of hydrogen-bond donors (Lipinski definition) is 0. The maximum Gasteiger partial charge on any atom is 0.359 e. The van der Waals surface area contributed by atoms with Crippen LogP contribution >= 0.6 is 11.6 Å². The zero-order chi connectivity index (χ0) is 18.0. The molecule has 5 nitrogen and oxygen atoms in total. The number of halogens is 2. The average Bonchev–Trinajstić information content (AvgIpc) is 2.93. The fraction of sp³-hybridized carbons (Fsp3) is 0.222. The van der Waals surface area contributed by atoms with E-state index in [-0.39, 0.29) is 12.3 Å². The lowest BCUT2D eigenvalue weighted by molar-refractivity contribution is 0.0520. The Morgan fingerprint density at radius 3 is 2.80 bits per heavy atom. The van der Waals surface area contributed by atoms with Gasteiger partial charge in [-0.05, 0) is 43.3 Å². The van der Waals surface area contributed by atoms with Gasteiger partial charge >= 0.3 is 5.97 Å². The summed E-state index contributed by atoms with van der Waals surface area (Å²) >= 11 is 6.07. The van der Waals surface area contributed by atoms with Gasteiger partial charge in [0.2, 0.25) is 0 Å². The van der Waals surface area contributed by atoms with Gasteiger partial charge in [-0.3, -0.25) is 4.68 Å². The molecule has 7 heteroatoms. The summed E-state index contributed by atoms with van der Waals surface area (Å²) in [6.45, 7) is 2.23. The summed E-state index contributed by atoms with van der Waals surface area (Å²) in [5, 5.41) is 5.29. The SMILES string of the molecule is CCOC(=O)c1nn(Cc2cc(Cl)ccc2OC)c2ccc(F)cc12. The highest BCUT2D eigenvalue weighted by atomic mass is 35.5. The van der Waals surface area contributed by atoms with Crippen molar-refractivity contribution in [1.82, 2.24) is 9.78 Å². The van der Waals surface area contributed by atoms with Crippen molar-refractivity contribution < 1.29 is 18.7 Å². The lowest BCUT2D eigenvalue weighted by Crippen LogP contribution is -2.08. The van der Waals surface area contributed by atoms with Crippen LogP contribution in [0, 0.1) is 5.82 Å². The van der Waals surface area contributed by atoms with Gasteiger partial charge in [-0.2, -0.15) is 5.10 Å². The molecule has 0 bridgehead atoms. The number of carbonyl (C=O) groups excluding carboxylic acids is 1. The Bertz CT molecular complexity index is 939. The number of fused-ring (bicyclic) bond motifs is 1. The molecule has 0 spiro atoms. The maximum absolute atomic E-state index is 13.6. The molecule has 3 aromatic rings. The van der Waals surface area contributed by atoms with Crippen LogP contribution in [0.15, 0.2) is 36.4 Å². The number of ether oxygens (including phenoxy) is 2. The van der Waals surface area contributed by atoms with Crippen LogP contribution in [0.4, 0.5) is 4.39 Å². The van der Waals surface area contributed by atoms with Crippen LogP contribution < -0.4 is 4.74 Å². The molecule has 0 fully saturated rings. The van der Waals surface area contributed by atoms with E-state index in [2.05, 4.69) is 5.10 Å². The first-order valence-corrected chi connectivity index (χ1v) is 8.07. The number of aromatic nitrogens is 2. The van der Waals surface area contributed by atoms with Crippen LogP contribution in [0.3, 0.4) is 0 Å². The van der Waals surface area contributed by atoms with E-state index in [1.807, 2.05) is 0 Å². The van der Waals surface area contributed by atoms with Crippen molar-refractivity contribution in [3.8, 4) is 5.75 Å². The van der Waals surface area contributed by atoms with Crippen LogP contribution in [0.5, 0.6) is 5.75 Å². The summed E-state index contributed by atoms with van der Waals surface area (Å²) in [7, 11) is 1.56. The molecule has 0 saturated heterocycles. The van der Waals surface area contributed by atoms with E-state index in [0.29, 0.717) is 28.2 Å². The zero-order valence-electron chi connectivity index (χ0n) is 13.8. The molecule has 0 saturated carbocycles. The van der Waals surface area contributed by atoms with Crippen molar-refractivity contribution in [3.05, 3.63) is 58.5 Å². The molecule has 0 N–H and O–H groups in total. The zero-order valence-corrected chi connectivity index (χ0v) is 14.5. The molecular weight excluding hydrogens is 347 g/mol. The minimum atomic E-state index is -0.588. The van der Waals surface area contributed by atoms with Gasteiger partial charge < -0.3 is 9.47 Å². The molecule has 0 radical (unpaired) electrons. The Labute approximate surface area is 148 Å². The van der Waals surface area contributed by atoms with Crippen molar-refractivity contribution in [2.24, 2.45) is 0 Å². The third-order valence-corrected chi connectivity index (χ3v) is 3.98. The first-order valence-electron chi connectivity index (χ1n) is 7.69. The number of rotatable bonds is 5. The van der Waals surface area contributed by atoms with E-state index in [0.717, 1.165) is 5.56 Å². The van der Waals surface area contributed by atoms with Crippen molar-refractivity contribution in [2.45, 2.75) is 13.5 Å². The largest absolute Gasteiger partial charge is 0.496 e. The highest BCUT2D eigenvalue weighted by molar-refractivity contribution is 6.30. The van der Waals surface area contributed by atoms with Gasteiger partial charge in [-0.25, -0.2) is 9.18 Å². The molecule has 3 rings (SSSR count). The lowest BCUT2D eigenvalue weighted by Gasteiger charge is -2.10. The van der Waals surface area contributed by atoms with Crippen LogP contribution in [0.25, 0.3) is 10.9 Å². The maximum atomic E-state index is 13.6. The van der Waals surface area contributed by atoms with Crippen LogP contribution in [0.2, 0.25) is 5.02 Å². The summed E-state index contributed by atoms with van der Waals surface area (Å²) in [5.74, 6) is -0.388. The van der Waals surface area contributed by atoms with Crippen molar-refractivity contribution >= 4 is 28.5 Å². The first-order chi connectivity index (χ1) is 12.0. The Balaban J connectivity index is 2.11. The van der Waals surface area contributed by atoms with E-state index in [1.165, 1.54) is 12.1 Å². The van der Waals surface area contributed by atoms with Crippen molar-refractivity contribution in [3.63, 3.8) is 0 Å². The fourth-order valence-corrected chi connectivity index (χ4v) is 2.85. The van der Waals surface area contributed by atoms with E-state index in [1.54, 1.807) is 43.0 Å². The number of esters is 1. The first kappa shape index (κ1) is 17.2. The minimum absolute atomic E-state index is 0.0809. The van der Waals surface area contributed by atoms with Crippen LogP contribution in [0.1, 0.15) is 23.0 Å². The molecular formula is C18H16ClFN2O3. The van der Waals surface area contributed by atoms with E-state index < -0.39 is 11.8 Å². The summed E-state index contributed by atoms with van der Waals surface area (Å²) in [6, 6.07) is 9.43. The lowest BCUT2D eigenvalue weighted by atomic mass is 10.2. The normalized spacial score (nSPS) is 10.9. The molecule has 0 atom stereocenters. The van der Waals surface area contributed by atoms with Gasteiger partial charge in [-0.1, -0.05) is 11.6 Å². The highest BCUT2D eigenvalue weighted by Crippen LogP contribution is 2.26. The third kappa shape index (κ3) is 3.44. The van der Waals surface area contributed by atoms with Crippen molar-refractivity contribution in [1.29, 1.82) is 0 Å². The van der Waals surface area contributed by atoms with Gasteiger partial charge in [0, 0.05) is 16.0 Å². The Hall–Kier alpha value is -2.60. The van der Waals surface area contributed by atoms with E-state index in [9.17, 15) is 9.18 Å². The summed E-state index contributed by atoms with van der Waals surface area (Å²) in [6.07, 6.45) is 0. The number of methoxy groups -OCH3 is 1. The number of hydrogen-bond acceptors (Lipinski definition) is 4. The second-order valence-electron chi connectivity index (χ2n) is 5.34. The molecule has 2 aromatic carbocycles. The highest BCUT2D eigenvalue weighted by Gasteiger charge is 2.19. The Kier molecular flexibility index (Phi) is 4.90. The Morgan fingerprint density at radius 2 is 2.08 bits per heavy atom. The Morgan fingerprint density at radius 1 is 1.28 bits per heavy atom. The van der Waals surface area contributed by atoms with Gasteiger partial charge in [-0.15, -0.1) is 0 Å². The van der Waals surface area contributed by atoms with E-state index >= 15 is 0 Å². The van der Waals surface area contributed by atoms with Gasteiger partial charge in [0.1, 0.15) is 11.6 Å². The molecule has 0 aliphatic rings. The van der Waals surface area contributed by atoms with E-state index in [4.69, 9.17) is 21.1 Å². The molecule has 0 aliphatic heterocycles. The quantitative estimate of drug-likeness (QED) is 0.642. The predicted molar refractivity (Wildman–Crippen MR) is 92.8 cm³/mol.